The van der Waals surface area contributed by atoms with Crippen molar-refractivity contribution in [1.82, 2.24) is 24.4 Å². The van der Waals surface area contributed by atoms with Crippen molar-refractivity contribution in [2.24, 2.45) is 0 Å². The SMILES string of the molecule is CCC(CCN(C)Cc1cncn1Cc1ccccc1)SCc1nc2c(C)cccc2c(=O)[nH]1. The molecule has 0 spiro atoms. The van der Waals surface area contributed by atoms with Crippen LogP contribution in [0.3, 0.4) is 0 Å². The lowest BCUT2D eigenvalue weighted by atomic mass is 10.1. The quantitative estimate of drug-likeness (QED) is 0.330. The van der Waals surface area contributed by atoms with E-state index in [1.807, 2.05) is 55.5 Å². The van der Waals surface area contributed by atoms with Gasteiger partial charge in [0.1, 0.15) is 5.82 Å². The van der Waals surface area contributed by atoms with Crippen molar-refractivity contribution in [1.29, 1.82) is 0 Å². The predicted molar refractivity (Wildman–Crippen MR) is 141 cm³/mol. The first-order valence-electron chi connectivity index (χ1n) is 11.8. The van der Waals surface area contributed by atoms with Gasteiger partial charge in [-0.3, -0.25) is 4.79 Å². The van der Waals surface area contributed by atoms with Crippen LogP contribution in [0.4, 0.5) is 0 Å². The summed E-state index contributed by atoms with van der Waals surface area (Å²) in [5.74, 6) is 1.47. The van der Waals surface area contributed by atoms with Gasteiger partial charge < -0.3 is 14.5 Å². The number of aromatic amines is 1. The summed E-state index contributed by atoms with van der Waals surface area (Å²) in [7, 11) is 2.17. The average Bonchev–Trinajstić information content (AvgIpc) is 3.26. The highest BCUT2D eigenvalue weighted by Crippen LogP contribution is 2.23. The minimum Gasteiger partial charge on any atom is -0.329 e. The Labute approximate surface area is 205 Å². The molecule has 1 unspecified atom stereocenters. The molecule has 7 heteroatoms. The summed E-state index contributed by atoms with van der Waals surface area (Å²) in [6.07, 6.45) is 6.05. The van der Waals surface area contributed by atoms with Crippen molar-refractivity contribution in [2.45, 2.75) is 50.8 Å². The second kappa shape index (κ2) is 11.5. The molecule has 34 heavy (non-hydrogen) atoms. The lowest BCUT2D eigenvalue weighted by molar-refractivity contribution is 0.312. The van der Waals surface area contributed by atoms with E-state index in [1.54, 1.807) is 0 Å². The zero-order chi connectivity index (χ0) is 23.9. The van der Waals surface area contributed by atoms with Gasteiger partial charge in [0, 0.05) is 24.5 Å². The third kappa shape index (κ3) is 6.15. The Hall–Kier alpha value is -2.90. The molecule has 0 saturated carbocycles. The highest BCUT2D eigenvalue weighted by atomic mass is 32.2. The molecule has 1 N–H and O–H groups in total. The Morgan fingerprint density at radius 3 is 2.76 bits per heavy atom. The summed E-state index contributed by atoms with van der Waals surface area (Å²) in [4.78, 5) is 26.9. The van der Waals surface area contributed by atoms with Crippen LogP contribution in [-0.4, -0.2) is 43.3 Å². The van der Waals surface area contributed by atoms with E-state index >= 15 is 0 Å². The van der Waals surface area contributed by atoms with Crippen molar-refractivity contribution in [3.05, 3.63) is 94.1 Å². The largest absolute Gasteiger partial charge is 0.329 e. The zero-order valence-electron chi connectivity index (χ0n) is 20.2. The van der Waals surface area contributed by atoms with Gasteiger partial charge in [0.2, 0.25) is 0 Å². The summed E-state index contributed by atoms with van der Waals surface area (Å²) in [6, 6.07) is 16.2. The first-order chi connectivity index (χ1) is 16.5. The molecule has 0 aliphatic heterocycles. The number of imidazole rings is 1. The van der Waals surface area contributed by atoms with Crippen LogP contribution in [0.15, 0.2) is 65.8 Å². The Morgan fingerprint density at radius 1 is 1.15 bits per heavy atom. The molecule has 4 rings (SSSR count). The first kappa shape index (κ1) is 24.2. The second-order valence-electron chi connectivity index (χ2n) is 8.85. The third-order valence-corrected chi connectivity index (χ3v) is 7.64. The maximum atomic E-state index is 12.5. The van der Waals surface area contributed by atoms with Crippen LogP contribution in [-0.2, 0) is 18.8 Å². The number of aryl methyl sites for hydroxylation is 1. The number of nitrogens with zero attached hydrogens (tertiary/aromatic N) is 4. The Morgan fingerprint density at radius 2 is 1.97 bits per heavy atom. The van der Waals surface area contributed by atoms with Gasteiger partial charge in [0.25, 0.3) is 5.56 Å². The maximum Gasteiger partial charge on any atom is 0.258 e. The molecule has 2 aromatic heterocycles. The van der Waals surface area contributed by atoms with E-state index in [9.17, 15) is 4.79 Å². The number of rotatable bonds is 11. The van der Waals surface area contributed by atoms with Crippen LogP contribution in [0.2, 0.25) is 0 Å². The van der Waals surface area contributed by atoms with E-state index in [0.29, 0.717) is 16.4 Å². The molecule has 0 fully saturated rings. The van der Waals surface area contributed by atoms with Crippen molar-refractivity contribution in [3.8, 4) is 0 Å². The van der Waals surface area contributed by atoms with Crippen molar-refractivity contribution in [3.63, 3.8) is 0 Å². The molecule has 6 nitrogen and oxygen atoms in total. The van der Waals surface area contributed by atoms with Crippen LogP contribution in [0.25, 0.3) is 10.9 Å². The molecular weight excluding hydrogens is 442 g/mol. The van der Waals surface area contributed by atoms with Gasteiger partial charge in [0.15, 0.2) is 0 Å². The van der Waals surface area contributed by atoms with Crippen molar-refractivity contribution < 1.29 is 0 Å². The van der Waals surface area contributed by atoms with Crippen molar-refractivity contribution >= 4 is 22.7 Å². The first-order valence-corrected chi connectivity index (χ1v) is 12.9. The van der Waals surface area contributed by atoms with Gasteiger partial charge in [-0.2, -0.15) is 11.8 Å². The molecule has 0 saturated heterocycles. The summed E-state index contributed by atoms with van der Waals surface area (Å²) >= 11 is 1.88. The number of hydrogen-bond acceptors (Lipinski definition) is 5. The minimum atomic E-state index is -0.0517. The van der Waals surface area contributed by atoms with E-state index < -0.39 is 0 Å². The number of H-pyrrole nitrogens is 1. The molecule has 0 amide bonds. The second-order valence-corrected chi connectivity index (χ2v) is 10.1. The van der Waals surface area contributed by atoms with E-state index in [0.717, 1.165) is 49.4 Å². The van der Waals surface area contributed by atoms with Gasteiger partial charge in [0.05, 0.1) is 28.7 Å². The predicted octanol–water partition coefficient (Wildman–Crippen LogP) is 5.01. The molecule has 4 aromatic rings. The van der Waals surface area contributed by atoms with Gasteiger partial charge in [-0.1, -0.05) is 49.4 Å². The monoisotopic (exact) mass is 475 g/mol. The molecule has 1 atom stereocenters. The molecule has 0 aliphatic carbocycles. The van der Waals surface area contributed by atoms with E-state index in [-0.39, 0.29) is 5.56 Å². The van der Waals surface area contributed by atoms with Crippen LogP contribution >= 0.6 is 11.8 Å². The Bertz CT molecular complexity index is 1270. The van der Waals surface area contributed by atoms with E-state index in [2.05, 4.69) is 57.7 Å². The number of benzene rings is 2. The number of hydrogen-bond donors (Lipinski definition) is 1. The van der Waals surface area contributed by atoms with Gasteiger partial charge >= 0.3 is 0 Å². The smallest absolute Gasteiger partial charge is 0.258 e. The van der Waals surface area contributed by atoms with Crippen LogP contribution in [0.5, 0.6) is 0 Å². The fourth-order valence-corrected chi connectivity index (χ4v) is 5.18. The molecule has 0 bridgehead atoms. The maximum absolute atomic E-state index is 12.5. The van der Waals surface area contributed by atoms with Crippen LogP contribution in [0, 0.1) is 6.92 Å². The standard InChI is InChI=1S/C27H33N5OS/c1-4-23(34-18-25-29-26-20(2)9-8-12-24(26)27(33)30-25)13-14-31(3)17-22-15-28-19-32(22)16-21-10-6-5-7-11-21/h5-12,15,19,23H,4,13-14,16-18H2,1-3H3,(H,29,30,33). The summed E-state index contributed by atoms with van der Waals surface area (Å²) in [5, 5.41) is 1.17. The normalized spacial score (nSPS) is 12.5. The van der Waals surface area contributed by atoms with Crippen LogP contribution < -0.4 is 5.56 Å². The molecule has 2 aromatic carbocycles. The highest BCUT2D eigenvalue weighted by Gasteiger charge is 2.13. The lowest BCUT2D eigenvalue weighted by Crippen LogP contribution is -2.23. The molecule has 2 heterocycles. The summed E-state index contributed by atoms with van der Waals surface area (Å²) < 4.78 is 2.22. The average molecular weight is 476 g/mol. The number of nitrogens with one attached hydrogen (secondary N) is 1. The minimum absolute atomic E-state index is 0.0517. The fraction of sp³-hybridized carbons (Fsp3) is 0.370. The zero-order valence-corrected chi connectivity index (χ0v) is 21.0. The highest BCUT2D eigenvalue weighted by molar-refractivity contribution is 7.99. The van der Waals surface area contributed by atoms with Crippen molar-refractivity contribution in [2.75, 3.05) is 13.6 Å². The number of aromatic nitrogens is 4. The van der Waals surface area contributed by atoms with E-state index in [4.69, 9.17) is 4.98 Å². The van der Waals surface area contributed by atoms with Gasteiger partial charge in [-0.25, -0.2) is 9.97 Å². The number of fused-ring (bicyclic) bond motifs is 1. The Kier molecular flexibility index (Phi) is 8.19. The molecule has 178 valence electrons. The molecule has 0 radical (unpaired) electrons. The fourth-order valence-electron chi connectivity index (χ4n) is 4.14. The summed E-state index contributed by atoms with van der Waals surface area (Å²) in [5.41, 5.74) is 4.30. The van der Waals surface area contributed by atoms with E-state index in [1.165, 1.54) is 11.3 Å². The lowest BCUT2D eigenvalue weighted by Gasteiger charge is -2.21. The van der Waals surface area contributed by atoms with Gasteiger partial charge in [-0.15, -0.1) is 0 Å². The number of para-hydroxylation sites is 1. The third-order valence-electron chi connectivity index (χ3n) is 6.16. The topological polar surface area (TPSA) is 66.8 Å². The van der Waals surface area contributed by atoms with Gasteiger partial charge in [-0.05, 0) is 50.6 Å². The molecular formula is C27H33N5OS. The molecule has 0 aliphatic rings. The Balaban J connectivity index is 1.30. The van der Waals surface area contributed by atoms with Crippen LogP contribution in [0.1, 0.15) is 42.4 Å². The summed E-state index contributed by atoms with van der Waals surface area (Å²) in [6.45, 7) is 6.94. The number of thioether (sulfide) groups is 1.